The van der Waals surface area contributed by atoms with Gasteiger partial charge < -0.3 is 9.64 Å². The number of likely N-dealkylation sites (tertiary alicyclic amines) is 2. The first-order valence-corrected chi connectivity index (χ1v) is 9.28. The van der Waals surface area contributed by atoms with Crippen LogP contribution < -0.4 is 0 Å². The smallest absolute Gasteiger partial charge is 0.410 e. The molecule has 2 saturated heterocycles. The Morgan fingerprint density at radius 2 is 1.92 bits per heavy atom. The highest BCUT2D eigenvalue weighted by Crippen LogP contribution is 2.32. The Morgan fingerprint density at radius 3 is 2.60 bits per heavy atom. The summed E-state index contributed by atoms with van der Waals surface area (Å²) in [6.45, 7) is 9.17. The van der Waals surface area contributed by atoms with E-state index < -0.39 is 5.60 Å². The van der Waals surface area contributed by atoms with Crippen molar-refractivity contribution in [2.24, 2.45) is 5.92 Å². The van der Waals surface area contributed by atoms with E-state index in [1.807, 2.05) is 37.8 Å². The standard InChI is InChI=1S/C20H29FN2O2/c1-20(2,3)25-19(24)23-12-10-18-16(14-23)5-4-11-22(18)13-15-6-8-17(21)9-7-15/h6-9,16,18H,4-5,10-14H2,1-3H3. The zero-order valence-corrected chi connectivity index (χ0v) is 15.5. The van der Waals surface area contributed by atoms with E-state index in [-0.39, 0.29) is 11.9 Å². The van der Waals surface area contributed by atoms with E-state index >= 15 is 0 Å². The number of carbonyl (C=O) groups is 1. The number of carbonyl (C=O) groups excluding carboxylic acids is 1. The maximum atomic E-state index is 13.1. The maximum Gasteiger partial charge on any atom is 0.410 e. The molecule has 4 nitrogen and oxygen atoms in total. The second-order valence-corrected chi connectivity index (χ2v) is 8.28. The third-order valence-corrected chi connectivity index (χ3v) is 5.13. The maximum absolute atomic E-state index is 13.1. The summed E-state index contributed by atoms with van der Waals surface area (Å²) in [4.78, 5) is 16.7. The van der Waals surface area contributed by atoms with Gasteiger partial charge in [-0.25, -0.2) is 9.18 Å². The minimum Gasteiger partial charge on any atom is -0.444 e. The monoisotopic (exact) mass is 348 g/mol. The zero-order valence-electron chi connectivity index (χ0n) is 15.5. The van der Waals surface area contributed by atoms with Crippen LogP contribution in [0.5, 0.6) is 0 Å². The van der Waals surface area contributed by atoms with E-state index in [0.29, 0.717) is 12.0 Å². The number of hydrogen-bond donors (Lipinski definition) is 0. The van der Waals surface area contributed by atoms with Crippen LogP contribution in [0.3, 0.4) is 0 Å². The van der Waals surface area contributed by atoms with E-state index in [1.165, 1.54) is 12.1 Å². The number of rotatable bonds is 2. The second-order valence-electron chi connectivity index (χ2n) is 8.28. The topological polar surface area (TPSA) is 32.8 Å². The van der Waals surface area contributed by atoms with Crippen molar-refractivity contribution in [3.63, 3.8) is 0 Å². The van der Waals surface area contributed by atoms with E-state index in [2.05, 4.69) is 4.90 Å². The molecule has 1 aromatic rings. The van der Waals surface area contributed by atoms with Crippen LogP contribution in [0.15, 0.2) is 24.3 Å². The number of hydrogen-bond acceptors (Lipinski definition) is 3. The lowest BCUT2D eigenvalue weighted by Gasteiger charge is -2.47. The predicted molar refractivity (Wildman–Crippen MR) is 95.7 cm³/mol. The van der Waals surface area contributed by atoms with E-state index in [4.69, 9.17) is 4.74 Å². The zero-order chi connectivity index (χ0) is 18.0. The third-order valence-electron chi connectivity index (χ3n) is 5.13. The first-order chi connectivity index (χ1) is 11.8. The van der Waals surface area contributed by atoms with Crippen LogP contribution in [0.1, 0.15) is 45.6 Å². The van der Waals surface area contributed by atoms with E-state index in [1.54, 1.807) is 0 Å². The Balaban J connectivity index is 1.61. The lowest BCUT2D eigenvalue weighted by molar-refractivity contribution is -0.0112. The number of fused-ring (bicyclic) bond motifs is 1. The number of piperidine rings is 2. The Morgan fingerprint density at radius 1 is 1.20 bits per heavy atom. The van der Waals surface area contributed by atoms with Crippen LogP contribution in [-0.4, -0.2) is 47.2 Å². The van der Waals surface area contributed by atoms with Gasteiger partial charge in [0.25, 0.3) is 0 Å². The van der Waals surface area contributed by atoms with Gasteiger partial charge in [0.15, 0.2) is 0 Å². The summed E-state index contributed by atoms with van der Waals surface area (Å²) in [6.07, 6.45) is 3.08. The van der Waals surface area contributed by atoms with Gasteiger partial charge in [0.2, 0.25) is 0 Å². The van der Waals surface area contributed by atoms with Crippen molar-refractivity contribution in [2.75, 3.05) is 19.6 Å². The average Bonchev–Trinajstić information content (AvgIpc) is 2.55. The van der Waals surface area contributed by atoms with Gasteiger partial charge in [-0.2, -0.15) is 0 Å². The molecule has 0 N–H and O–H groups in total. The van der Waals surface area contributed by atoms with Gasteiger partial charge in [0.1, 0.15) is 11.4 Å². The molecule has 0 saturated carbocycles. The quantitative estimate of drug-likeness (QED) is 0.808. The molecule has 2 atom stereocenters. The van der Waals surface area contributed by atoms with Crippen LogP contribution >= 0.6 is 0 Å². The fourth-order valence-electron chi connectivity index (χ4n) is 4.02. The molecule has 2 aliphatic heterocycles. The van der Waals surface area contributed by atoms with Gasteiger partial charge in [0.05, 0.1) is 0 Å². The molecule has 2 aliphatic rings. The molecule has 138 valence electrons. The molecule has 1 amide bonds. The van der Waals surface area contributed by atoms with Crippen LogP contribution in [0.2, 0.25) is 0 Å². The molecule has 0 radical (unpaired) electrons. The molecule has 2 fully saturated rings. The van der Waals surface area contributed by atoms with Crippen molar-refractivity contribution in [1.29, 1.82) is 0 Å². The lowest BCUT2D eigenvalue weighted by atomic mass is 9.83. The van der Waals surface area contributed by atoms with Crippen molar-refractivity contribution in [3.8, 4) is 0 Å². The molecule has 2 heterocycles. The average molecular weight is 348 g/mol. The first kappa shape index (κ1) is 18.2. The van der Waals surface area contributed by atoms with Gasteiger partial charge in [-0.1, -0.05) is 12.1 Å². The molecular weight excluding hydrogens is 319 g/mol. The molecule has 3 rings (SSSR count). The van der Waals surface area contributed by atoms with Gasteiger partial charge in [-0.3, -0.25) is 4.90 Å². The molecule has 0 bridgehead atoms. The summed E-state index contributed by atoms with van der Waals surface area (Å²) in [6, 6.07) is 7.30. The number of halogens is 1. The van der Waals surface area contributed by atoms with Crippen LogP contribution in [0.4, 0.5) is 9.18 Å². The number of amides is 1. The summed E-state index contributed by atoms with van der Waals surface area (Å²) < 4.78 is 18.6. The number of ether oxygens (including phenoxy) is 1. The van der Waals surface area contributed by atoms with Crippen molar-refractivity contribution in [3.05, 3.63) is 35.6 Å². The van der Waals surface area contributed by atoms with Gasteiger partial charge in [-0.15, -0.1) is 0 Å². The van der Waals surface area contributed by atoms with Gasteiger partial charge in [0, 0.05) is 25.7 Å². The molecule has 25 heavy (non-hydrogen) atoms. The van der Waals surface area contributed by atoms with Crippen LogP contribution in [0, 0.1) is 11.7 Å². The minimum absolute atomic E-state index is 0.189. The van der Waals surface area contributed by atoms with Crippen molar-refractivity contribution in [2.45, 2.75) is 58.2 Å². The fourth-order valence-corrected chi connectivity index (χ4v) is 4.02. The Kier molecular flexibility index (Phi) is 5.32. The highest BCUT2D eigenvalue weighted by molar-refractivity contribution is 5.68. The normalized spacial score (nSPS) is 24.7. The summed E-state index contributed by atoms with van der Waals surface area (Å²) >= 11 is 0. The summed E-state index contributed by atoms with van der Waals surface area (Å²) in [5.74, 6) is 0.307. The largest absolute Gasteiger partial charge is 0.444 e. The molecule has 1 aromatic carbocycles. The SMILES string of the molecule is CC(C)(C)OC(=O)N1CCC2C(CCCN2Cc2ccc(F)cc2)C1. The number of nitrogens with zero attached hydrogens (tertiary/aromatic N) is 2. The molecule has 2 unspecified atom stereocenters. The molecule has 0 spiro atoms. The number of benzene rings is 1. The fraction of sp³-hybridized carbons (Fsp3) is 0.650. The van der Waals surface area contributed by atoms with Crippen molar-refractivity contribution in [1.82, 2.24) is 9.80 Å². The Bertz CT molecular complexity index is 597. The van der Waals surface area contributed by atoms with Gasteiger partial charge in [-0.05, 0) is 70.2 Å². The first-order valence-electron chi connectivity index (χ1n) is 9.28. The van der Waals surface area contributed by atoms with Crippen LogP contribution in [-0.2, 0) is 11.3 Å². The summed E-state index contributed by atoms with van der Waals surface area (Å²) in [7, 11) is 0. The van der Waals surface area contributed by atoms with Crippen molar-refractivity contribution < 1.29 is 13.9 Å². The highest BCUT2D eigenvalue weighted by Gasteiger charge is 2.38. The highest BCUT2D eigenvalue weighted by atomic mass is 19.1. The minimum atomic E-state index is -0.449. The summed E-state index contributed by atoms with van der Waals surface area (Å²) in [5.41, 5.74) is 0.700. The summed E-state index contributed by atoms with van der Waals surface area (Å²) in [5, 5.41) is 0. The lowest BCUT2D eigenvalue weighted by Crippen LogP contribution is -2.55. The van der Waals surface area contributed by atoms with Crippen LogP contribution in [0.25, 0.3) is 0 Å². The van der Waals surface area contributed by atoms with Gasteiger partial charge >= 0.3 is 6.09 Å². The third kappa shape index (κ3) is 4.72. The predicted octanol–water partition coefficient (Wildman–Crippen LogP) is 4.05. The van der Waals surface area contributed by atoms with Crippen molar-refractivity contribution >= 4 is 6.09 Å². The molecule has 0 aromatic heterocycles. The molecule has 5 heteroatoms. The van der Waals surface area contributed by atoms with E-state index in [9.17, 15) is 9.18 Å². The molecule has 0 aliphatic carbocycles. The Labute approximate surface area is 149 Å². The second kappa shape index (κ2) is 7.32. The molecular formula is C20H29FN2O2. The Hall–Kier alpha value is -1.62. The van der Waals surface area contributed by atoms with E-state index in [0.717, 1.165) is 51.0 Å².